The minimum absolute atomic E-state index is 0.608. The summed E-state index contributed by atoms with van der Waals surface area (Å²) in [6.07, 6.45) is 8.21. The van der Waals surface area contributed by atoms with E-state index in [0.29, 0.717) is 6.04 Å². The van der Waals surface area contributed by atoms with E-state index in [2.05, 4.69) is 49.4 Å². The maximum absolute atomic E-state index is 4.04. The van der Waals surface area contributed by atoms with Crippen LogP contribution in [0.25, 0.3) is 0 Å². The summed E-state index contributed by atoms with van der Waals surface area (Å²) in [4.78, 5) is 7.18. The van der Waals surface area contributed by atoms with E-state index >= 15 is 0 Å². The van der Waals surface area contributed by atoms with E-state index in [1.807, 2.05) is 6.20 Å². The van der Waals surface area contributed by atoms with Crippen molar-refractivity contribution in [3.63, 3.8) is 0 Å². The summed E-state index contributed by atoms with van der Waals surface area (Å²) >= 11 is 3.54. The lowest BCUT2D eigenvalue weighted by molar-refractivity contribution is 0.460. The first-order chi connectivity index (χ1) is 9.31. The summed E-state index contributed by atoms with van der Waals surface area (Å²) in [6.45, 7) is 1.01. The van der Waals surface area contributed by atoms with Crippen LogP contribution in [0.2, 0.25) is 0 Å². The number of hydrogen-bond donors (Lipinski definition) is 2. The van der Waals surface area contributed by atoms with Crippen molar-refractivity contribution >= 4 is 15.9 Å². The molecule has 3 rings (SSSR count). The number of hydrogen-bond acceptors (Lipinski definition) is 2. The molecule has 0 spiro atoms. The molecule has 1 aromatic heterocycles. The lowest BCUT2D eigenvalue weighted by atomic mass is 9.88. The summed E-state index contributed by atoms with van der Waals surface area (Å²) in [7, 11) is 0. The highest BCUT2D eigenvalue weighted by Crippen LogP contribution is 2.24. The fourth-order valence-corrected chi connectivity index (χ4v) is 3.14. The maximum Gasteiger partial charge on any atom is 0.0921 e. The Balaban J connectivity index is 1.53. The number of imidazole rings is 1. The summed E-state index contributed by atoms with van der Waals surface area (Å²) < 4.78 is 1.19. The van der Waals surface area contributed by atoms with E-state index in [1.54, 1.807) is 6.33 Å². The Bertz CT molecular complexity index is 536. The molecule has 19 heavy (non-hydrogen) atoms. The third-order valence-corrected chi connectivity index (χ3v) is 4.27. The molecule has 1 aliphatic rings. The first-order valence-electron chi connectivity index (χ1n) is 6.79. The molecule has 100 valence electrons. The number of halogens is 1. The molecule has 0 bridgehead atoms. The third kappa shape index (κ3) is 3.25. The van der Waals surface area contributed by atoms with Crippen LogP contribution < -0.4 is 5.32 Å². The number of aromatic nitrogens is 2. The zero-order valence-electron chi connectivity index (χ0n) is 10.8. The predicted octanol–water partition coefficient (Wildman–Crippen LogP) is 2.86. The quantitative estimate of drug-likeness (QED) is 0.909. The second-order valence-corrected chi connectivity index (χ2v) is 6.05. The van der Waals surface area contributed by atoms with Crippen molar-refractivity contribution in [3.8, 4) is 0 Å². The zero-order chi connectivity index (χ0) is 13.1. The molecule has 2 N–H and O–H groups in total. The Morgan fingerprint density at radius 3 is 3.16 bits per heavy atom. The summed E-state index contributed by atoms with van der Waals surface area (Å²) in [5, 5.41) is 3.66. The van der Waals surface area contributed by atoms with Gasteiger partial charge in [-0.05, 0) is 42.5 Å². The van der Waals surface area contributed by atoms with Gasteiger partial charge >= 0.3 is 0 Å². The molecule has 0 aliphatic heterocycles. The highest BCUT2D eigenvalue weighted by atomic mass is 79.9. The molecule has 1 aliphatic carbocycles. The largest absolute Gasteiger partial charge is 0.348 e. The lowest BCUT2D eigenvalue weighted by Gasteiger charge is -2.25. The van der Waals surface area contributed by atoms with Gasteiger partial charge in [0.1, 0.15) is 0 Å². The number of nitrogens with one attached hydrogen (secondary N) is 2. The first-order valence-corrected chi connectivity index (χ1v) is 7.58. The second kappa shape index (κ2) is 5.88. The van der Waals surface area contributed by atoms with E-state index < -0.39 is 0 Å². The minimum atomic E-state index is 0.608. The number of fused-ring (bicyclic) bond motifs is 1. The van der Waals surface area contributed by atoms with E-state index in [9.17, 15) is 0 Å². The van der Waals surface area contributed by atoms with Crippen LogP contribution in [0, 0.1) is 0 Å². The molecule has 0 saturated carbocycles. The maximum atomic E-state index is 4.04. The Kier molecular flexibility index (Phi) is 3.99. The van der Waals surface area contributed by atoms with Crippen molar-refractivity contribution in [2.75, 3.05) is 6.54 Å². The predicted molar refractivity (Wildman–Crippen MR) is 80.2 cm³/mol. The van der Waals surface area contributed by atoms with Crippen LogP contribution in [0.1, 0.15) is 23.2 Å². The molecule has 4 heteroatoms. The van der Waals surface area contributed by atoms with Gasteiger partial charge in [0, 0.05) is 35.4 Å². The van der Waals surface area contributed by atoms with Gasteiger partial charge in [0.2, 0.25) is 0 Å². The summed E-state index contributed by atoms with van der Waals surface area (Å²) in [5.41, 5.74) is 4.20. The van der Waals surface area contributed by atoms with Crippen LogP contribution in [0.3, 0.4) is 0 Å². The molecule has 1 unspecified atom stereocenters. The van der Waals surface area contributed by atoms with Crippen LogP contribution >= 0.6 is 15.9 Å². The fraction of sp³-hybridized carbons (Fsp3) is 0.400. The van der Waals surface area contributed by atoms with E-state index in [0.717, 1.165) is 19.4 Å². The molecule has 0 radical (unpaired) electrons. The van der Waals surface area contributed by atoms with E-state index in [4.69, 9.17) is 0 Å². The SMILES string of the molecule is Brc1ccc2c(c1)CCC(NCCc1cnc[nH]1)C2. The van der Waals surface area contributed by atoms with Gasteiger partial charge in [-0.3, -0.25) is 0 Å². The van der Waals surface area contributed by atoms with Gasteiger partial charge in [-0.25, -0.2) is 4.98 Å². The van der Waals surface area contributed by atoms with E-state index in [1.165, 1.54) is 34.1 Å². The van der Waals surface area contributed by atoms with Crippen molar-refractivity contribution in [1.29, 1.82) is 0 Å². The number of aromatic amines is 1. The molecule has 0 saturated heterocycles. The highest BCUT2D eigenvalue weighted by Gasteiger charge is 2.17. The zero-order valence-corrected chi connectivity index (χ0v) is 12.4. The van der Waals surface area contributed by atoms with Gasteiger partial charge in [-0.2, -0.15) is 0 Å². The Labute approximate surface area is 122 Å². The van der Waals surface area contributed by atoms with Crippen LogP contribution in [-0.4, -0.2) is 22.6 Å². The summed E-state index contributed by atoms with van der Waals surface area (Å²) in [5.74, 6) is 0. The van der Waals surface area contributed by atoms with Crippen molar-refractivity contribution in [3.05, 3.63) is 52.0 Å². The number of nitrogens with zero attached hydrogens (tertiary/aromatic N) is 1. The number of aryl methyl sites for hydroxylation is 1. The standard InChI is InChI=1S/C15H18BrN3/c16-13-3-1-12-8-14(4-2-11(12)7-13)18-6-5-15-9-17-10-19-15/h1,3,7,9-10,14,18H,2,4-6,8H2,(H,17,19). The molecular weight excluding hydrogens is 302 g/mol. The van der Waals surface area contributed by atoms with E-state index in [-0.39, 0.29) is 0 Å². The smallest absolute Gasteiger partial charge is 0.0921 e. The third-order valence-electron chi connectivity index (χ3n) is 3.78. The molecule has 0 fully saturated rings. The van der Waals surface area contributed by atoms with Crippen molar-refractivity contribution in [2.45, 2.75) is 31.7 Å². The average molecular weight is 320 g/mol. The summed E-state index contributed by atoms with van der Waals surface area (Å²) in [6, 6.07) is 7.26. The average Bonchev–Trinajstić information content (AvgIpc) is 2.92. The molecule has 1 atom stereocenters. The Morgan fingerprint density at radius 1 is 1.37 bits per heavy atom. The Hall–Kier alpha value is -1.13. The topological polar surface area (TPSA) is 40.7 Å². The molecule has 3 nitrogen and oxygen atoms in total. The van der Waals surface area contributed by atoms with Crippen LogP contribution in [-0.2, 0) is 19.3 Å². The number of benzene rings is 1. The first kappa shape index (κ1) is 12.9. The monoisotopic (exact) mass is 319 g/mol. The fourth-order valence-electron chi connectivity index (χ4n) is 2.73. The number of rotatable bonds is 4. The van der Waals surface area contributed by atoms with Gasteiger partial charge in [0.25, 0.3) is 0 Å². The Morgan fingerprint density at radius 2 is 2.32 bits per heavy atom. The van der Waals surface area contributed by atoms with Crippen molar-refractivity contribution in [1.82, 2.24) is 15.3 Å². The normalized spacial score (nSPS) is 18.3. The second-order valence-electron chi connectivity index (χ2n) is 5.13. The van der Waals surface area contributed by atoms with Crippen molar-refractivity contribution in [2.24, 2.45) is 0 Å². The lowest BCUT2D eigenvalue weighted by Crippen LogP contribution is -2.35. The highest BCUT2D eigenvalue weighted by molar-refractivity contribution is 9.10. The number of H-pyrrole nitrogens is 1. The van der Waals surface area contributed by atoms with Gasteiger partial charge in [0.05, 0.1) is 6.33 Å². The van der Waals surface area contributed by atoms with Crippen LogP contribution in [0.4, 0.5) is 0 Å². The molecule has 1 heterocycles. The van der Waals surface area contributed by atoms with Gasteiger partial charge < -0.3 is 10.3 Å². The molecule has 0 amide bonds. The van der Waals surface area contributed by atoms with Gasteiger partial charge in [0.15, 0.2) is 0 Å². The van der Waals surface area contributed by atoms with Gasteiger partial charge in [-0.1, -0.05) is 22.0 Å². The van der Waals surface area contributed by atoms with Gasteiger partial charge in [-0.15, -0.1) is 0 Å². The van der Waals surface area contributed by atoms with Crippen LogP contribution in [0.15, 0.2) is 35.2 Å². The molecule has 2 aromatic rings. The molecular formula is C15H18BrN3. The van der Waals surface area contributed by atoms with Crippen LogP contribution in [0.5, 0.6) is 0 Å². The van der Waals surface area contributed by atoms with Crippen molar-refractivity contribution < 1.29 is 0 Å². The minimum Gasteiger partial charge on any atom is -0.348 e. The molecule has 1 aromatic carbocycles.